The molecule has 3 N–H and O–H groups in total. The van der Waals surface area contributed by atoms with E-state index >= 15 is 8.78 Å². The lowest BCUT2D eigenvalue weighted by atomic mass is 9.62. The van der Waals surface area contributed by atoms with E-state index in [0.29, 0.717) is 0 Å². The SMILES string of the molecule is CC(C)(C)CC1NC(C(=O)Nc2ccc(C(=O)O)cc2F)C(c2cccc(Cl)c2F)C1(C#N)c1ccc(Cl)cc1F. The average Bonchev–Trinajstić information content (AvgIpc) is 3.19. The van der Waals surface area contributed by atoms with Crippen molar-refractivity contribution >= 4 is 40.8 Å². The summed E-state index contributed by atoms with van der Waals surface area (Å²) in [4.78, 5) is 25.0. The second-order valence-corrected chi connectivity index (χ2v) is 12.0. The van der Waals surface area contributed by atoms with Gasteiger partial charge in [-0.25, -0.2) is 18.0 Å². The first kappa shape index (κ1) is 30.4. The Hall–Kier alpha value is -3.58. The van der Waals surface area contributed by atoms with Crippen molar-refractivity contribution in [3.8, 4) is 6.07 Å². The van der Waals surface area contributed by atoms with Crippen LogP contribution in [0.2, 0.25) is 10.0 Å². The van der Waals surface area contributed by atoms with Crippen molar-refractivity contribution in [2.24, 2.45) is 5.41 Å². The van der Waals surface area contributed by atoms with Crippen LogP contribution in [0.3, 0.4) is 0 Å². The van der Waals surface area contributed by atoms with E-state index in [-0.39, 0.29) is 38.8 Å². The molecule has 1 fully saturated rings. The summed E-state index contributed by atoms with van der Waals surface area (Å²) in [7, 11) is 0. The van der Waals surface area contributed by atoms with Crippen LogP contribution in [0.25, 0.3) is 0 Å². The number of anilines is 1. The number of aromatic carboxylic acids is 1. The van der Waals surface area contributed by atoms with Gasteiger partial charge in [-0.3, -0.25) is 4.79 Å². The number of carboxylic acids is 1. The quantitative estimate of drug-likeness (QED) is 0.280. The number of nitrogens with one attached hydrogen (secondary N) is 2. The van der Waals surface area contributed by atoms with Crippen molar-refractivity contribution in [2.45, 2.75) is 50.6 Å². The molecule has 41 heavy (non-hydrogen) atoms. The predicted molar refractivity (Wildman–Crippen MR) is 150 cm³/mol. The Kier molecular flexibility index (Phi) is 8.42. The zero-order valence-corrected chi connectivity index (χ0v) is 23.7. The summed E-state index contributed by atoms with van der Waals surface area (Å²) in [5.41, 5.74) is -3.15. The average molecular weight is 604 g/mol. The van der Waals surface area contributed by atoms with Gasteiger partial charge in [0.2, 0.25) is 5.91 Å². The van der Waals surface area contributed by atoms with Crippen LogP contribution >= 0.6 is 23.2 Å². The van der Waals surface area contributed by atoms with Gasteiger partial charge in [0.1, 0.15) is 22.9 Å². The van der Waals surface area contributed by atoms with Crippen molar-refractivity contribution in [3.05, 3.63) is 98.8 Å². The molecule has 3 aromatic carbocycles. The first-order valence-electron chi connectivity index (χ1n) is 12.6. The zero-order valence-electron chi connectivity index (χ0n) is 22.2. The maximum absolute atomic E-state index is 15.7. The van der Waals surface area contributed by atoms with Crippen molar-refractivity contribution in [1.82, 2.24) is 5.32 Å². The molecule has 1 saturated heterocycles. The summed E-state index contributed by atoms with van der Waals surface area (Å²) in [5, 5.41) is 25.4. The fraction of sp³-hybridized carbons (Fsp3) is 0.300. The molecule has 0 aliphatic carbocycles. The Morgan fingerprint density at radius 2 is 1.78 bits per heavy atom. The van der Waals surface area contributed by atoms with Gasteiger partial charge in [-0.2, -0.15) is 5.26 Å². The van der Waals surface area contributed by atoms with Gasteiger partial charge in [0, 0.05) is 22.5 Å². The molecule has 4 atom stereocenters. The van der Waals surface area contributed by atoms with Crippen LogP contribution in [0.5, 0.6) is 0 Å². The highest BCUT2D eigenvalue weighted by Gasteiger charge is 2.61. The summed E-state index contributed by atoms with van der Waals surface area (Å²) in [6, 6.07) is 10.8. The molecule has 11 heteroatoms. The molecule has 0 radical (unpaired) electrons. The molecule has 0 aromatic heterocycles. The van der Waals surface area contributed by atoms with E-state index in [1.54, 1.807) is 0 Å². The number of nitrogens with zero attached hydrogens (tertiary/aromatic N) is 1. The number of benzene rings is 3. The number of carbonyl (C=O) groups excluding carboxylic acids is 1. The van der Waals surface area contributed by atoms with Gasteiger partial charge in [-0.15, -0.1) is 0 Å². The minimum Gasteiger partial charge on any atom is -0.478 e. The normalized spacial score (nSPS) is 22.3. The van der Waals surface area contributed by atoms with Crippen LogP contribution in [0.1, 0.15) is 54.6 Å². The standard InChI is InChI=1S/C30H26Cl2F3N3O3/c1-29(2,3)13-23-30(14-36,18-9-8-16(31)12-20(18)33)24(17-5-4-6-19(32)25(17)35)26(38-23)27(39)37-22-10-7-15(28(40)41)11-21(22)34/h4-12,23-24,26,38H,13H2,1-3H3,(H,37,39)(H,40,41). The number of rotatable bonds is 6. The summed E-state index contributed by atoms with van der Waals surface area (Å²) in [6.45, 7) is 5.70. The summed E-state index contributed by atoms with van der Waals surface area (Å²) < 4.78 is 46.1. The maximum Gasteiger partial charge on any atom is 0.335 e. The second-order valence-electron chi connectivity index (χ2n) is 11.2. The van der Waals surface area contributed by atoms with Crippen LogP contribution in [-0.4, -0.2) is 29.1 Å². The maximum atomic E-state index is 15.7. The van der Waals surface area contributed by atoms with E-state index in [4.69, 9.17) is 28.3 Å². The lowest BCUT2D eigenvalue weighted by Gasteiger charge is -2.37. The summed E-state index contributed by atoms with van der Waals surface area (Å²) in [6.07, 6.45) is 0.257. The molecule has 0 saturated carbocycles. The predicted octanol–water partition coefficient (Wildman–Crippen LogP) is 7.07. The van der Waals surface area contributed by atoms with Gasteiger partial charge >= 0.3 is 5.97 Å². The molecule has 0 bridgehead atoms. The molecule has 4 rings (SSSR count). The molecule has 1 heterocycles. The highest BCUT2D eigenvalue weighted by atomic mass is 35.5. The molecule has 1 aliphatic rings. The van der Waals surface area contributed by atoms with Crippen LogP contribution < -0.4 is 10.6 Å². The number of nitriles is 1. The van der Waals surface area contributed by atoms with E-state index in [0.717, 1.165) is 24.3 Å². The summed E-state index contributed by atoms with van der Waals surface area (Å²) >= 11 is 12.1. The Balaban J connectivity index is 1.94. The monoisotopic (exact) mass is 603 g/mol. The van der Waals surface area contributed by atoms with Gasteiger partial charge in [0.15, 0.2) is 0 Å². The molecule has 1 aliphatic heterocycles. The van der Waals surface area contributed by atoms with Crippen molar-refractivity contribution in [1.29, 1.82) is 5.26 Å². The van der Waals surface area contributed by atoms with E-state index in [2.05, 4.69) is 16.7 Å². The molecule has 0 spiro atoms. The number of halogens is 5. The second kappa shape index (κ2) is 11.4. The van der Waals surface area contributed by atoms with Gasteiger partial charge in [0.05, 0.1) is 28.4 Å². The molecule has 1 amide bonds. The third kappa shape index (κ3) is 5.78. The fourth-order valence-electron chi connectivity index (χ4n) is 5.52. The van der Waals surface area contributed by atoms with Crippen LogP contribution in [0.4, 0.5) is 18.9 Å². The van der Waals surface area contributed by atoms with Gasteiger partial charge in [0.25, 0.3) is 0 Å². The Morgan fingerprint density at radius 1 is 1.07 bits per heavy atom. The minimum atomic E-state index is -1.85. The fourth-order valence-corrected chi connectivity index (χ4v) is 5.86. The lowest BCUT2D eigenvalue weighted by molar-refractivity contribution is -0.118. The van der Waals surface area contributed by atoms with Crippen molar-refractivity contribution < 1.29 is 27.9 Å². The third-order valence-electron chi connectivity index (χ3n) is 7.21. The largest absolute Gasteiger partial charge is 0.478 e. The van der Waals surface area contributed by atoms with Crippen LogP contribution in [-0.2, 0) is 10.2 Å². The Labute approximate surface area is 245 Å². The van der Waals surface area contributed by atoms with Crippen LogP contribution in [0.15, 0.2) is 54.6 Å². The van der Waals surface area contributed by atoms with Gasteiger partial charge < -0.3 is 15.7 Å². The van der Waals surface area contributed by atoms with Gasteiger partial charge in [-0.05, 0) is 53.8 Å². The topological polar surface area (TPSA) is 102 Å². The molecular weight excluding hydrogens is 578 g/mol. The zero-order chi connectivity index (χ0) is 30.3. The first-order chi connectivity index (χ1) is 19.2. The highest BCUT2D eigenvalue weighted by Crippen LogP contribution is 2.53. The Bertz CT molecular complexity index is 1570. The first-order valence-corrected chi connectivity index (χ1v) is 13.4. The molecule has 214 valence electrons. The minimum absolute atomic E-state index is 0.0812. The third-order valence-corrected chi connectivity index (χ3v) is 7.73. The van der Waals surface area contributed by atoms with Crippen LogP contribution in [0, 0.1) is 34.2 Å². The van der Waals surface area contributed by atoms with E-state index in [1.807, 2.05) is 20.8 Å². The Morgan fingerprint density at radius 3 is 2.37 bits per heavy atom. The van der Waals surface area contributed by atoms with E-state index < -0.39 is 58.2 Å². The molecule has 4 unspecified atom stereocenters. The van der Waals surface area contributed by atoms with E-state index in [1.165, 1.54) is 30.3 Å². The van der Waals surface area contributed by atoms with Crippen molar-refractivity contribution in [2.75, 3.05) is 5.32 Å². The molecule has 6 nitrogen and oxygen atoms in total. The number of hydrogen-bond acceptors (Lipinski definition) is 4. The number of amides is 1. The lowest BCUT2D eigenvalue weighted by Crippen LogP contribution is -2.45. The van der Waals surface area contributed by atoms with Gasteiger partial charge in [-0.1, -0.05) is 62.2 Å². The number of carboxylic acid groups (broad SMARTS) is 1. The highest BCUT2D eigenvalue weighted by molar-refractivity contribution is 6.31. The smallest absolute Gasteiger partial charge is 0.335 e. The molecular formula is C30H26Cl2F3N3O3. The number of carbonyl (C=O) groups is 2. The van der Waals surface area contributed by atoms with E-state index in [9.17, 15) is 19.2 Å². The van der Waals surface area contributed by atoms with Crippen molar-refractivity contribution in [3.63, 3.8) is 0 Å². The molecule has 3 aromatic rings. The number of hydrogen-bond donors (Lipinski definition) is 3. The summed E-state index contributed by atoms with van der Waals surface area (Å²) in [5.74, 6) is -6.25.